The Balaban J connectivity index is 2.21. The minimum Gasteiger partial charge on any atom is -0.511 e. The first-order valence-corrected chi connectivity index (χ1v) is 7.49. The minimum absolute atomic E-state index is 0.0355. The van der Waals surface area contributed by atoms with E-state index in [4.69, 9.17) is 16.6 Å². The molecule has 2 atom stereocenters. The van der Waals surface area contributed by atoms with Crippen LogP contribution >= 0.6 is 0 Å². The molecule has 0 radical (unpaired) electrons. The van der Waals surface area contributed by atoms with Gasteiger partial charge in [-0.1, -0.05) is 25.3 Å². The van der Waals surface area contributed by atoms with Crippen LogP contribution < -0.4 is 16.8 Å². The van der Waals surface area contributed by atoms with Crippen molar-refractivity contribution in [2.24, 2.45) is 11.5 Å². The molecule has 0 saturated carbocycles. The van der Waals surface area contributed by atoms with E-state index in [1.165, 1.54) is 0 Å². The van der Waals surface area contributed by atoms with E-state index in [9.17, 15) is 5.11 Å². The van der Waals surface area contributed by atoms with Crippen molar-refractivity contribution in [3.63, 3.8) is 0 Å². The molecule has 5 heteroatoms. The molecule has 1 aromatic rings. The summed E-state index contributed by atoms with van der Waals surface area (Å²) in [6, 6.07) is 6.48. The fraction of sp³-hybridized carbons (Fsp3) is 0.412. The summed E-state index contributed by atoms with van der Waals surface area (Å²) >= 11 is 0. The molecule has 0 fully saturated rings. The fourth-order valence-electron chi connectivity index (χ4n) is 2.05. The number of aliphatic hydroxyl groups is 1. The van der Waals surface area contributed by atoms with Gasteiger partial charge in [-0.25, -0.2) is 0 Å². The lowest BCUT2D eigenvalue weighted by atomic mass is 10.0. The summed E-state index contributed by atoms with van der Waals surface area (Å²) in [5.41, 5.74) is 13.6. The highest BCUT2D eigenvalue weighted by molar-refractivity contribution is 5.27. The number of hydrogen-bond donors (Lipinski definition) is 5. The van der Waals surface area contributed by atoms with E-state index in [1.54, 1.807) is 12.1 Å². The molecule has 0 aromatic heterocycles. The first-order chi connectivity index (χ1) is 10.4. The van der Waals surface area contributed by atoms with Crippen LogP contribution in [0.3, 0.4) is 0 Å². The highest BCUT2D eigenvalue weighted by Crippen LogP contribution is 2.12. The molecule has 7 N–H and O–H groups in total. The highest BCUT2D eigenvalue weighted by Gasteiger charge is 2.08. The zero-order chi connectivity index (χ0) is 16.5. The van der Waals surface area contributed by atoms with Gasteiger partial charge in [-0.15, -0.1) is 0 Å². The normalized spacial score (nSPS) is 13.4. The number of aliphatic hydroxyl groups excluding tert-OH is 1. The Bertz CT molecular complexity index is 485. The van der Waals surface area contributed by atoms with E-state index < -0.39 is 0 Å². The van der Waals surface area contributed by atoms with E-state index >= 15 is 0 Å². The summed E-state index contributed by atoms with van der Waals surface area (Å²) in [5, 5.41) is 21.6. The maximum Gasteiger partial charge on any atom is 0.115 e. The van der Waals surface area contributed by atoms with E-state index in [-0.39, 0.29) is 23.6 Å². The van der Waals surface area contributed by atoms with Gasteiger partial charge in [-0.2, -0.15) is 0 Å². The van der Waals surface area contributed by atoms with Crippen LogP contribution in [0.2, 0.25) is 0 Å². The summed E-state index contributed by atoms with van der Waals surface area (Å²) in [6.45, 7) is 8.15. The fourth-order valence-corrected chi connectivity index (χ4v) is 2.05. The van der Waals surface area contributed by atoms with Gasteiger partial charge in [0.2, 0.25) is 0 Å². The number of aromatic hydroxyl groups is 1. The van der Waals surface area contributed by atoms with Gasteiger partial charge in [-0.3, -0.25) is 0 Å². The molecule has 22 heavy (non-hydrogen) atoms. The lowest BCUT2D eigenvalue weighted by molar-refractivity contribution is 0.358. The third-order valence-corrected chi connectivity index (χ3v) is 3.56. The Hall–Kier alpha value is -1.98. The molecular weight excluding hydrogens is 278 g/mol. The zero-order valence-corrected chi connectivity index (χ0v) is 13.0. The summed E-state index contributed by atoms with van der Waals surface area (Å²) in [5.74, 6) is 0.284. The van der Waals surface area contributed by atoms with Gasteiger partial charge < -0.3 is 27.0 Å². The van der Waals surface area contributed by atoms with Crippen molar-refractivity contribution in [1.29, 1.82) is 0 Å². The van der Waals surface area contributed by atoms with Gasteiger partial charge in [0.05, 0.1) is 6.04 Å². The Morgan fingerprint density at radius 1 is 1.09 bits per heavy atom. The Kier molecular flexibility index (Phi) is 7.49. The van der Waals surface area contributed by atoms with Crippen molar-refractivity contribution in [2.75, 3.05) is 6.54 Å². The topological polar surface area (TPSA) is 105 Å². The zero-order valence-electron chi connectivity index (χ0n) is 13.0. The van der Waals surface area contributed by atoms with Gasteiger partial charge in [0.15, 0.2) is 0 Å². The lowest BCUT2D eigenvalue weighted by Gasteiger charge is -2.17. The van der Waals surface area contributed by atoms with E-state index in [0.29, 0.717) is 12.8 Å². The Morgan fingerprint density at radius 3 is 2.32 bits per heavy atom. The van der Waals surface area contributed by atoms with Crippen molar-refractivity contribution in [2.45, 2.75) is 37.8 Å². The monoisotopic (exact) mass is 305 g/mol. The molecule has 0 aliphatic rings. The van der Waals surface area contributed by atoms with Crippen molar-refractivity contribution >= 4 is 0 Å². The van der Waals surface area contributed by atoms with E-state index in [2.05, 4.69) is 18.5 Å². The van der Waals surface area contributed by atoms with Crippen LogP contribution in [-0.4, -0.2) is 28.8 Å². The first kappa shape index (κ1) is 18.1. The van der Waals surface area contributed by atoms with Gasteiger partial charge in [-0.05, 0) is 43.4 Å². The number of benzene rings is 1. The summed E-state index contributed by atoms with van der Waals surface area (Å²) in [7, 11) is 0. The number of phenolic OH excluding ortho intramolecular Hbond substituents is 1. The molecule has 0 amide bonds. The molecular formula is C17H27N3O2. The van der Waals surface area contributed by atoms with E-state index in [1.807, 2.05) is 12.1 Å². The molecule has 1 aromatic carbocycles. The molecule has 1 rings (SSSR count). The number of nitrogens with one attached hydrogen (secondary N) is 1. The molecule has 5 nitrogen and oxygen atoms in total. The molecule has 0 bridgehead atoms. The second-order valence-electron chi connectivity index (χ2n) is 5.52. The second-order valence-corrected chi connectivity index (χ2v) is 5.52. The lowest BCUT2D eigenvalue weighted by Crippen LogP contribution is -2.33. The molecule has 0 aliphatic heterocycles. The second kappa shape index (κ2) is 9.12. The SMILES string of the molecule is C=C(O)C(N)CCCCNC(=C)C(N)Cc1ccc(O)cc1. The third-order valence-electron chi connectivity index (χ3n) is 3.56. The van der Waals surface area contributed by atoms with Crippen molar-refractivity contribution in [3.05, 3.63) is 54.4 Å². The molecule has 2 unspecified atom stereocenters. The average molecular weight is 305 g/mol. The van der Waals surface area contributed by atoms with Crippen LogP contribution in [0.25, 0.3) is 0 Å². The third kappa shape index (κ3) is 6.65. The molecule has 0 aliphatic carbocycles. The van der Waals surface area contributed by atoms with Crippen LogP contribution in [0.1, 0.15) is 24.8 Å². The van der Waals surface area contributed by atoms with Gasteiger partial charge in [0.25, 0.3) is 0 Å². The van der Waals surface area contributed by atoms with Gasteiger partial charge in [0, 0.05) is 18.3 Å². The van der Waals surface area contributed by atoms with Gasteiger partial charge in [0.1, 0.15) is 11.5 Å². The Morgan fingerprint density at radius 2 is 1.73 bits per heavy atom. The smallest absolute Gasteiger partial charge is 0.115 e. The van der Waals surface area contributed by atoms with E-state index in [0.717, 1.165) is 30.6 Å². The maximum atomic E-state index is 9.25. The number of phenols is 1. The predicted octanol–water partition coefficient (Wildman–Crippen LogP) is 1.93. The number of hydrogen-bond acceptors (Lipinski definition) is 5. The summed E-state index contributed by atoms with van der Waals surface area (Å²) in [6.07, 6.45) is 3.20. The van der Waals surface area contributed by atoms with Crippen molar-refractivity contribution in [3.8, 4) is 5.75 Å². The molecule has 0 saturated heterocycles. The van der Waals surface area contributed by atoms with Crippen LogP contribution in [0, 0.1) is 0 Å². The molecule has 0 heterocycles. The van der Waals surface area contributed by atoms with Crippen LogP contribution in [0.15, 0.2) is 48.9 Å². The largest absolute Gasteiger partial charge is 0.511 e. The standard InChI is InChI=1S/C17H27N3O2/c1-12(20-10-4-3-5-16(18)13(2)21)17(19)11-14-6-8-15(22)9-7-14/h6-9,16-17,20-22H,1-5,10-11,18-19H2. The summed E-state index contributed by atoms with van der Waals surface area (Å²) in [4.78, 5) is 0. The number of unbranched alkanes of at least 4 members (excludes halogenated alkanes) is 1. The highest BCUT2D eigenvalue weighted by atomic mass is 16.3. The first-order valence-electron chi connectivity index (χ1n) is 7.49. The average Bonchev–Trinajstić information content (AvgIpc) is 2.48. The number of rotatable bonds is 10. The quantitative estimate of drug-likeness (QED) is 0.336. The van der Waals surface area contributed by atoms with Gasteiger partial charge >= 0.3 is 0 Å². The van der Waals surface area contributed by atoms with Crippen LogP contribution in [0.4, 0.5) is 0 Å². The van der Waals surface area contributed by atoms with Crippen LogP contribution in [-0.2, 0) is 6.42 Å². The number of nitrogens with two attached hydrogens (primary N) is 2. The molecule has 0 spiro atoms. The minimum atomic E-state index is -0.347. The van der Waals surface area contributed by atoms with Crippen LogP contribution in [0.5, 0.6) is 5.75 Å². The predicted molar refractivity (Wildman–Crippen MR) is 90.5 cm³/mol. The van der Waals surface area contributed by atoms with Crippen molar-refractivity contribution < 1.29 is 10.2 Å². The van der Waals surface area contributed by atoms with Crippen molar-refractivity contribution in [1.82, 2.24) is 5.32 Å². The Labute approximate surface area is 132 Å². The maximum absolute atomic E-state index is 9.25. The summed E-state index contributed by atoms with van der Waals surface area (Å²) < 4.78 is 0. The molecule has 122 valence electrons.